The van der Waals surface area contributed by atoms with Gasteiger partial charge in [-0.1, -0.05) is 45.5 Å². The number of nitrogens with one attached hydrogen (secondary N) is 2. The van der Waals surface area contributed by atoms with Crippen molar-refractivity contribution in [3.8, 4) is 11.3 Å². The van der Waals surface area contributed by atoms with E-state index in [9.17, 15) is 0 Å². The topological polar surface area (TPSA) is 62.7 Å². The van der Waals surface area contributed by atoms with Gasteiger partial charge in [-0.3, -0.25) is 4.98 Å². The van der Waals surface area contributed by atoms with Gasteiger partial charge in [0.25, 0.3) is 0 Å². The molecule has 1 saturated carbocycles. The lowest BCUT2D eigenvalue weighted by Gasteiger charge is -2.47. The molecule has 0 saturated heterocycles. The highest BCUT2D eigenvalue weighted by Crippen LogP contribution is 2.47. The molecule has 178 valence electrons. The fraction of sp³-hybridized carbons (Fsp3) is 0.414. The summed E-state index contributed by atoms with van der Waals surface area (Å²) in [7, 11) is 0. The summed E-state index contributed by atoms with van der Waals surface area (Å²) in [5.74, 6) is 2.08. The Labute approximate surface area is 204 Å². The van der Waals surface area contributed by atoms with Gasteiger partial charge in [-0.15, -0.1) is 10.2 Å². The van der Waals surface area contributed by atoms with Crippen LogP contribution in [0.25, 0.3) is 17.0 Å². The number of hydrogen-bond acceptors (Lipinski definition) is 5. The lowest BCUT2D eigenvalue weighted by atomic mass is 9.60. The average Bonchev–Trinajstić information content (AvgIpc) is 2.80. The summed E-state index contributed by atoms with van der Waals surface area (Å²) in [6.45, 7) is 16.9. The van der Waals surface area contributed by atoms with Gasteiger partial charge in [0.15, 0.2) is 0 Å². The highest BCUT2D eigenvalue weighted by Gasteiger charge is 2.45. The first-order valence-electron chi connectivity index (χ1n) is 12.3. The number of anilines is 1. The van der Waals surface area contributed by atoms with E-state index in [-0.39, 0.29) is 5.41 Å². The first kappa shape index (κ1) is 23.9. The van der Waals surface area contributed by atoms with Crippen LogP contribution in [0, 0.1) is 25.7 Å². The van der Waals surface area contributed by atoms with Crippen molar-refractivity contribution < 1.29 is 0 Å². The van der Waals surface area contributed by atoms with Crippen LogP contribution in [0.15, 0.2) is 55.2 Å². The molecular weight excluding hydrogens is 418 g/mol. The Balaban J connectivity index is 1.48. The largest absolute Gasteiger partial charge is 0.385 e. The molecular formula is C29H37N5. The number of benzene rings is 1. The molecule has 0 amide bonds. The van der Waals surface area contributed by atoms with Gasteiger partial charge in [0, 0.05) is 36.0 Å². The van der Waals surface area contributed by atoms with Crippen molar-refractivity contribution in [3.05, 3.63) is 77.6 Å². The Morgan fingerprint density at radius 1 is 1.09 bits per heavy atom. The van der Waals surface area contributed by atoms with Gasteiger partial charge in [0.2, 0.25) is 0 Å². The van der Waals surface area contributed by atoms with Crippen LogP contribution in [0.1, 0.15) is 56.0 Å². The number of pyridine rings is 1. The Kier molecular flexibility index (Phi) is 7.01. The van der Waals surface area contributed by atoms with Crippen molar-refractivity contribution in [2.75, 3.05) is 18.4 Å². The highest BCUT2D eigenvalue weighted by molar-refractivity contribution is 5.71. The van der Waals surface area contributed by atoms with Crippen molar-refractivity contribution in [1.82, 2.24) is 20.5 Å². The minimum absolute atomic E-state index is 0.0688. The maximum atomic E-state index is 4.74. The van der Waals surface area contributed by atoms with Crippen LogP contribution in [0.4, 0.5) is 5.82 Å². The third-order valence-corrected chi connectivity index (χ3v) is 6.85. The molecule has 0 aliphatic heterocycles. The lowest BCUT2D eigenvalue weighted by Crippen LogP contribution is -2.46. The van der Waals surface area contributed by atoms with E-state index < -0.39 is 0 Å². The molecule has 0 bridgehead atoms. The Hall–Kier alpha value is -3.21. The Bertz CT molecular complexity index is 1140. The quantitative estimate of drug-likeness (QED) is 0.405. The van der Waals surface area contributed by atoms with E-state index in [1.54, 1.807) is 0 Å². The smallest absolute Gasteiger partial charge is 0.148 e. The van der Waals surface area contributed by atoms with Crippen LogP contribution in [0.5, 0.6) is 0 Å². The molecule has 1 aliphatic rings. The Morgan fingerprint density at radius 3 is 2.53 bits per heavy atom. The molecule has 0 unspecified atom stereocenters. The zero-order valence-corrected chi connectivity index (χ0v) is 21.2. The maximum absolute atomic E-state index is 4.74. The molecule has 5 nitrogen and oxygen atoms in total. The molecule has 0 spiro atoms. The number of nitrogens with zero attached hydrogens (tertiary/aromatic N) is 3. The minimum Gasteiger partial charge on any atom is -0.385 e. The number of aryl methyl sites for hydroxylation is 2. The monoisotopic (exact) mass is 455 g/mol. The molecule has 0 radical (unpaired) electrons. The summed E-state index contributed by atoms with van der Waals surface area (Å²) in [5, 5.41) is 16.0. The fourth-order valence-corrected chi connectivity index (χ4v) is 5.08. The fourth-order valence-electron chi connectivity index (χ4n) is 5.08. The first-order chi connectivity index (χ1) is 16.3. The molecule has 2 aromatic heterocycles. The molecule has 1 aromatic carbocycles. The average molecular weight is 456 g/mol. The maximum Gasteiger partial charge on any atom is 0.148 e. The van der Waals surface area contributed by atoms with Crippen LogP contribution in [0.3, 0.4) is 0 Å². The van der Waals surface area contributed by atoms with E-state index in [1.165, 1.54) is 16.8 Å². The SMILES string of the molecule is C=C(NCC(C)C)c1ccc(C)c(-c2ccc(NCC3(c4ncccc4C)CC(C)C3)nn2)c1. The lowest BCUT2D eigenvalue weighted by molar-refractivity contribution is 0.164. The number of rotatable bonds is 9. The normalized spacial score (nSPS) is 19.5. The van der Waals surface area contributed by atoms with Crippen LogP contribution < -0.4 is 10.6 Å². The van der Waals surface area contributed by atoms with Crippen molar-refractivity contribution in [1.29, 1.82) is 0 Å². The zero-order chi connectivity index (χ0) is 24.3. The molecule has 2 N–H and O–H groups in total. The van der Waals surface area contributed by atoms with E-state index >= 15 is 0 Å². The van der Waals surface area contributed by atoms with E-state index in [2.05, 4.69) is 86.3 Å². The third kappa shape index (κ3) is 5.14. The van der Waals surface area contributed by atoms with Crippen LogP contribution >= 0.6 is 0 Å². The second-order valence-corrected chi connectivity index (χ2v) is 10.4. The summed E-state index contributed by atoms with van der Waals surface area (Å²) >= 11 is 0. The Morgan fingerprint density at radius 2 is 1.88 bits per heavy atom. The second kappa shape index (κ2) is 9.96. The van der Waals surface area contributed by atoms with Gasteiger partial charge in [-0.2, -0.15) is 0 Å². The van der Waals surface area contributed by atoms with E-state index in [0.717, 1.165) is 60.2 Å². The predicted octanol–water partition coefficient (Wildman–Crippen LogP) is 6.15. The molecule has 5 heteroatoms. The van der Waals surface area contributed by atoms with Gasteiger partial charge in [-0.25, -0.2) is 0 Å². The predicted molar refractivity (Wildman–Crippen MR) is 142 cm³/mol. The minimum atomic E-state index is 0.0688. The van der Waals surface area contributed by atoms with Crippen molar-refractivity contribution in [2.45, 2.75) is 52.9 Å². The summed E-state index contributed by atoms with van der Waals surface area (Å²) in [5.41, 5.74) is 7.68. The van der Waals surface area contributed by atoms with Gasteiger partial charge in [0.1, 0.15) is 5.82 Å². The van der Waals surface area contributed by atoms with Crippen LogP contribution in [-0.4, -0.2) is 28.3 Å². The van der Waals surface area contributed by atoms with Crippen molar-refractivity contribution in [2.24, 2.45) is 11.8 Å². The van der Waals surface area contributed by atoms with Crippen LogP contribution in [0.2, 0.25) is 0 Å². The molecule has 2 heterocycles. The van der Waals surface area contributed by atoms with E-state index in [1.807, 2.05) is 24.4 Å². The summed E-state index contributed by atoms with van der Waals surface area (Å²) in [6.07, 6.45) is 4.19. The van der Waals surface area contributed by atoms with Gasteiger partial charge >= 0.3 is 0 Å². The second-order valence-electron chi connectivity index (χ2n) is 10.4. The molecule has 3 aromatic rings. The van der Waals surface area contributed by atoms with Gasteiger partial charge in [-0.05, 0) is 79.5 Å². The summed E-state index contributed by atoms with van der Waals surface area (Å²) in [4.78, 5) is 4.74. The number of hydrogen-bond donors (Lipinski definition) is 2. The summed E-state index contributed by atoms with van der Waals surface area (Å²) in [6, 6.07) is 14.6. The number of aromatic nitrogens is 3. The first-order valence-corrected chi connectivity index (χ1v) is 12.3. The zero-order valence-electron chi connectivity index (χ0n) is 21.2. The van der Waals surface area contributed by atoms with E-state index in [0.29, 0.717) is 5.92 Å². The highest BCUT2D eigenvalue weighted by atomic mass is 15.2. The molecule has 0 atom stereocenters. The van der Waals surface area contributed by atoms with Crippen molar-refractivity contribution in [3.63, 3.8) is 0 Å². The molecule has 34 heavy (non-hydrogen) atoms. The van der Waals surface area contributed by atoms with Crippen LogP contribution in [-0.2, 0) is 5.41 Å². The van der Waals surface area contributed by atoms with Gasteiger partial charge in [0.05, 0.1) is 11.4 Å². The van der Waals surface area contributed by atoms with E-state index in [4.69, 9.17) is 4.98 Å². The molecule has 4 rings (SSSR count). The van der Waals surface area contributed by atoms with Gasteiger partial charge < -0.3 is 10.6 Å². The standard InChI is InChI=1S/C29H37N5/c1-19(2)17-31-23(6)24-10-9-21(4)25(14-24)26-11-12-27(34-33-26)32-18-29(15-20(3)16-29)28-22(5)8-7-13-30-28/h7-14,19-20,31H,6,15-18H2,1-5H3,(H,32,34). The van der Waals surface area contributed by atoms with Crippen molar-refractivity contribution >= 4 is 11.5 Å². The molecule has 1 aliphatic carbocycles. The molecule has 1 fully saturated rings. The summed E-state index contributed by atoms with van der Waals surface area (Å²) < 4.78 is 0. The third-order valence-electron chi connectivity index (χ3n) is 6.85.